The molecule has 0 radical (unpaired) electrons. The number of hydrogen-bond donors (Lipinski definition) is 1. The maximum absolute atomic E-state index is 12.0. The highest BCUT2D eigenvalue weighted by Gasteiger charge is 2.31. The zero-order valence-corrected chi connectivity index (χ0v) is 12.8. The molecule has 3 amide bonds. The summed E-state index contributed by atoms with van der Waals surface area (Å²) in [6.07, 6.45) is 4.49. The van der Waals surface area contributed by atoms with Gasteiger partial charge in [-0.05, 0) is 25.7 Å². The second-order valence-electron chi connectivity index (χ2n) is 5.18. The van der Waals surface area contributed by atoms with Gasteiger partial charge in [0.1, 0.15) is 0 Å². The number of hydrogen-bond acceptors (Lipinski definition) is 2. The highest BCUT2D eigenvalue weighted by atomic mass is 79.9. The van der Waals surface area contributed by atoms with Crippen molar-refractivity contribution in [3.05, 3.63) is 0 Å². The van der Waals surface area contributed by atoms with Crippen LogP contribution < -0.4 is 5.32 Å². The van der Waals surface area contributed by atoms with Gasteiger partial charge in [-0.1, -0.05) is 15.9 Å². The van der Waals surface area contributed by atoms with Crippen molar-refractivity contribution in [3.63, 3.8) is 0 Å². The number of alkyl halides is 1. The van der Waals surface area contributed by atoms with Gasteiger partial charge in [-0.3, -0.25) is 4.79 Å². The van der Waals surface area contributed by atoms with Gasteiger partial charge in [0, 0.05) is 44.0 Å². The number of nitrogens with one attached hydrogen (secondary N) is 1. The summed E-state index contributed by atoms with van der Waals surface area (Å²) >= 11 is 3.38. The Balaban J connectivity index is 1.72. The normalized spacial score (nSPS) is 20.8. The van der Waals surface area contributed by atoms with Crippen LogP contribution in [0.15, 0.2) is 0 Å². The van der Waals surface area contributed by atoms with Crippen LogP contribution in [-0.4, -0.2) is 59.3 Å². The molecule has 2 aliphatic rings. The van der Waals surface area contributed by atoms with Crippen molar-refractivity contribution in [2.24, 2.45) is 0 Å². The number of amides is 3. The Morgan fingerprint density at radius 2 is 2.00 bits per heavy atom. The van der Waals surface area contributed by atoms with Crippen LogP contribution in [0.25, 0.3) is 0 Å². The molecule has 0 unspecified atom stereocenters. The van der Waals surface area contributed by atoms with Crippen LogP contribution in [0, 0.1) is 0 Å². The predicted octanol–water partition coefficient (Wildman–Crippen LogP) is 1.57. The van der Waals surface area contributed by atoms with E-state index in [1.807, 2.05) is 9.80 Å². The maximum atomic E-state index is 12.0. The highest BCUT2D eigenvalue weighted by molar-refractivity contribution is 9.09. The van der Waals surface area contributed by atoms with Crippen molar-refractivity contribution in [2.75, 3.05) is 31.5 Å². The van der Waals surface area contributed by atoms with Gasteiger partial charge in [0.15, 0.2) is 0 Å². The van der Waals surface area contributed by atoms with Crippen molar-refractivity contribution in [3.8, 4) is 0 Å². The molecular weight excluding hydrogens is 310 g/mol. The molecule has 2 rings (SSSR count). The van der Waals surface area contributed by atoms with E-state index in [0.29, 0.717) is 12.5 Å². The van der Waals surface area contributed by atoms with Crippen LogP contribution in [0.5, 0.6) is 0 Å². The van der Waals surface area contributed by atoms with Crippen LogP contribution in [0.1, 0.15) is 32.1 Å². The summed E-state index contributed by atoms with van der Waals surface area (Å²) in [5.74, 6) is 0.269. The van der Waals surface area contributed by atoms with Gasteiger partial charge in [0.25, 0.3) is 0 Å². The van der Waals surface area contributed by atoms with Crippen molar-refractivity contribution in [1.29, 1.82) is 0 Å². The molecule has 108 valence electrons. The first-order chi connectivity index (χ1) is 9.22. The Hall–Kier alpha value is -0.780. The third kappa shape index (κ3) is 3.84. The summed E-state index contributed by atoms with van der Waals surface area (Å²) in [5, 5.41) is 3.80. The van der Waals surface area contributed by atoms with Crippen LogP contribution >= 0.6 is 15.9 Å². The molecule has 0 aromatic rings. The monoisotopic (exact) mass is 331 g/mol. The van der Waals surface area contributed by atoms with Crippen LogP contribution in [0.4, 0.5) is 4.79 Å². The minimum atomic E-state index is 0.0575. The fraction of sp³-hybridized carbons (Fsp3) is 0.846. The lowest BCUT2D eigenvalue weighted by Crippen LogP contribution is -2.47. The highest BCUT2D eigenvalue weighted by Crippen LogP contribution is 2.19. The minimum Gasteiger partial charge on any atom is -0.343 e. The molecule has 19 heavy (non-hydrogen) atoms. The molecule has 2 fully saturated rings. The van der Waals surface area contributed by atoms with Crippen molar-refractivity contribution < 1.29 is 9.59 Å². The van der Waals surface area contributed by atoms with Gasteiger partial charge >= 0.3 is 6.03 Å². The summed E-state index contributed by atoms with van der Waals surface area (Å²) in [6.45, 7) is 3.15. The summed E-state index contributed by atoms with van der Waals surface area (Å²) in [7, 11) is 0. The van der Waals surface area contributed by atoms with Gasteiger partial charge < -0.3 is 15.1 Å². The van der Waals surface area contributed by atoms with E-state index >= 15 is 0 Å². The van der Waals surface area contributed by atoms with E-state index in [1.54, 1.807) is 0 Å². The second-order valence-corrected chi connectivity index (χ2v) is 5.98. The lowest BCUT2D eigenvalue weighted by atomic mass is 10.0. The van der Waals surface area contributed by atoms with Crippen LogP contribution in [-0.2, 0) is 4.79 Å². The van der Waals surface area contributed by atoms with E-state index in [9.17, 15) is 9.59 Å². The number of urea groups is 1. The molecule has 2 heterocycles. The van der Waals surface area contributed by atoms with Crippen LogP contribution in [0.3, 0.4) is 0 Å². The number of piperidine rings is 1. The molecule has 0 aliphatic carbocycles. The van der Waals surface area contributed by atoms with E-state index in [2.05, 4.69) is 21.2 Å². The molecule has 0 aromatic carbocycles. The third-order valence-electron chi connectivity index (χ3n) is 3.92. The molecule has 1 N–H and O–H groups in total. The number of halogens is 1. The van der Waals surface area contributed by atoms with Crippen molar-refractivity contribution in [1.82, 2.24) is 15.1 Å². The van der Waals surface area contributed by atoms with Gasteiger partial charge in [0.05, 0.1) is 0 Å². The Morgan fingerprint density at radius 3 is 2.58 bits per heavy atom. The first kappa shape index (κ1) is 14.6. The van der Waals surface area contributed by atoms with Gasteiger partial charge in [0.2, 0.25) is 5.91 Å². The standard InChI is InChI=1S/C13H22BrN3O2/c14-6-2-1-3-12(18)16-8-4-11(5-9-16)17-10-7-15-13(17)19/h11H,1-10H2,(H,15,19). The van der Waals surface area contributed by atoms with Gasteiger partial charge in [-0.2, -0.15) is 0 Å². The van der Waals surface area contributed by atoms with E-state index < -0.39 is 0 Å². The summed E-state index contributed by atoms with van der Waals surface area (Å²) in [5.41, 5.74) is 0. The summed E-state index contributed by atoms with van der Waals surface area (Å²) < 4.78 is 0. The number of rotatable bonds is 5. The Morgan fingerprint density at radius 1 is 1.26 bits per heavy atom. The number of nitrogens with zero attached hydrogens (tertiary/aromatic N) is 2. The molecule has 2 aliphatic heterocycles. The maximum Gasteiger partial charge on any atom is 0.317 e. The van der Waals surface area contributed by atoms with E-state index in [1.165, 1.54) is 0 Å². The Bertz CT molecular complexity index is 330. The lowest BCUT2D eigenvalue weighted by Gasteiger charge is -2.36. The quantitative estimate of drug-likeness (QED) is 0.614. The van der Waals surface area contributed by atoms with Crippen molar-refractivity contribution in [2.45, 2.75) is 38.1 Å². The number of carbonyl (C=O) groups is 2. The molecule has 6 heteroatoms. The third-order valence-corrected chi connectivity index (χ3v) is 4.48. The molecule has 0 spiro atoms. The first-order valence-corrected chi connectivity index (χ1v) is 8.22. The molecular formula is C13H22BrN3O2. The number of likely N-dealkylation sites (tertiary alicyclic amines) is 1. The second kappa shape index (κ2) is 7.12. The summed E-state index contributed by atoms with van der Waals surface area (Å²) in [4.78, 5) is 27.5. The predicted molar refractivity (Wildman–Crippen MR) is 77.4 cm³/mol. The first-order valence-electron chi connectivity index (χ1n) is 7.10. The zero-order chi connectivity index (χ0) is 13.7. The number of carbonyl (C=O) groups excluding carboxylic acids is 2. The molecule has 0 bridgehead atoms. The molecule has 5 nitrogen and oxygen atoms in total. The average molecular weight is 332 g/mol. The van der Waals surface area contributed by atoms with Crippen molar-refractivity contribution >= 4 is 27.9 Å². The Kier molecular flexibility index (Phi) is 5.48. The van der Waals surface area contributed by atoms with E-state index in [0.717, 1.165) is 57.2 Å². The fourth-order valence-electron chi connectivity index (χ4n) is 2.79. The largest absolute Gasteiger partial charge is 0.343 e. The van der Waals surface area contributed by atoms with Gasteiger partial charge in [-0.25, -0.2) is 4.79 Å². The van der Waals surface area contributed by atoms with Crippen LogP contribution in [0.2, 0.25) is 0 Å². The number of unbranched alkanes of at least 4 members (excludes halogenated alkanes) is 1. The minimum absolute atomic E-state index is 0.0575. The zero-order valence-electron chi connectivity index (χ0n) is 11.2. The molecule has 2 saturated heterocycles. The average Bonchev–Trinajstić information content (AvgIpc) is 2.85. The molecule has 0 atom stereocenters. The molecule has 0 saturated carbocycles. The smallest absolute Gasteiger partial charge is 0.317 e. The molecule has 0 aromatic heterocycles. The van der Waals surface area contributed by atoms with E-state index in [-0.39, 0.29) is 11.9 Å². The van der Waals surface area contributed by atoms with Gasteiger partial charge in [-0.15, -0.1) is 0 Å². The van der Waals surface area contributed by atoms with E-state index in [4.69, 9.17) is 0 Å². The lowest BCUT2D eigenvalue weighted by molar-refractivity contribution is -0.132. The Labute approximate surface area is 122 Å². The topological polar surface area (TPSA) is 52.7 Å². The SMILES string of the molecule is O=C(CCCCBr)N1CCC(N2CCNC2=O)CC1. The summed E-state index contributed by atoms with van der Waals surface area (Å²) in [6, 6.07) is 0.371. The fourth-order valence-corrected chi connectivity index (χ4v) is 3.19.